The number of hydrogen-bond donors (Lipinski definition) is 2. The first-order valence-electron chi connectivity index (χ1n) is 6.13. The van der Waals surface area contributed by atoms with Crippen LogP contribution < -0.4 is 5.32 Å². The number of carboxylic acid groups (broad SMARTS) is 1. The molecule has 6 nitrogen and oxygen atoms in total. The number of anilines is 1. The van der Waals surface area contributed by atoms with Crippen molar-refractivity contribution in [2.75, 3.05) is 5.32 Å². The van der Waals surface area contributed by atoms with Gasteiger partial charge >= 0.3 is 5.97 Å². The molecular formula is C13H18N2O4. The zero-order chi connectivity index (χ0) is 14.6. The first-order chi connectivity index (χ1) is 8.83. The maximum absolute atomic E-state index is 11.0. The summed E-state index contributed by atoms with van der Waals surface area (Å²) in [4.78, 5) is 21.4. The van der Waals surface area contributed by atoms with Crippen molar-refractivity contribution in [2.45, 2.75) is 39.2 Å². The average Bonchev–Trinajstić information content (AvgIpc) is 2.38. The molecule has 0 heterocycles. The topological polar surface area (TPSA) is 92.5 Å². The number of benzene rings is 1. The van der Waals surface area contributed by atoms with Crippen LogP contribution in [-0.4, -0.2) is 21.5 Å². The summed E-state index contributed by atoms with van der Waals surface area (Å²) in [5, 5.41) is 23.0. The lowest BCUT2D eigenvalue weighted by molar-refractivity contribution is -0.384. The molecule has 1 aromatic carbocycles. The van der Waals surface area contributed by atoms with Gasteiger partial charge in [-0.25, -0.2) is 4.79 Å². The summed E-state index contributed by atoms with van der Waals surface area (Å²) in [6.07, 6.45) is 1.55. The van der Waals surface area contributed by atoms with Gasteiger partial charge in [-0.1, -0.05) is 13.8 Å². The first-order valence-corrected chi connectivity index (χ1v) is 6.13. The lowest BCUT2D eigenvalue weighted by Crippen LogP contribution is -2.33. The molecule has 0 unspecified atom stereocenters. The average molecular weight is 266 g/mol. The molecule has 104 valence electrons. The minimum atomic E-state index is -1.10. The number of nitrogens with zero attached hydrogens (tertiary/aromatic N) is 1. The van der Waals surface area contributed by atoms with Crippen LogP contribution in [0.1, 0.15) is 44.0 Å². The van der Waals surface area contributed by atoms with Crippen molar-refractivity contribution >= 4 is 17.3 Å². The molecule has 1 rings (SSSR count). The number of rotatable bonds is 6. The molecule has 6 heteroatoms. The number of hydrogen-bond acceptors (Lipinski definition) is 4. The third-order valence-electron chi connectivity index (χ3n) is 3.44. The molecule has 19 heavy (non-hydrogen) atoms. The van der Waals surface area contributed by atoms with Gasteiger partial charge in [-0.15, -0.1) is 0 Å². The molecule has 0 radical (unpaired) electrons. The lowest BCUT2D eigenvalue weighted by Gasteiger charge is -2.29. The molecule has 0 atom stereocenters. The second kappa shape index (κ2) is 5.69. The van der Waals surface area contributed by atoms with Crippen LogP contribution in [0.3, 0.4) is 0 Å². The molecule has 0 saturated carbocycles. The maximum Gasteiger partial charge on any atom is 0.335 e. The molecule has 0 spiro atoms. The summed E-state index contributed by atoms with van der Waals surface area (Å²) >= 11 is 0. The molecule has 0 fully saturated rings. The van der Waals surface area contributed by atoms with Crippen LogP contribution in [0.4, 0.5) is 11.4 Å². The van der Waals surface area contributed by atoms with Gasteiger partial charge in [-0.05, 0) is 31.9 Å². The Balaban J connectivity index is 3.25. The number of nitrogens with one attached hydrogen (secondary N) is 1. The summed E-state index contributed by atoms with van der Waals surface area (Å²) in [5.41, 5.74) is -0.140. The number of aromatic carboxylic acids is 1. The van der Waals surface area contributed by atoms with Gasteiger partial charge in [0.1, 0.15) is 5.69 Å². The summed E-state index contributed by atoms with van der Waals surface area (Å²) in [6.45, 7) is 5.90. The van der Waals surface area contributed by atoms with Gasteiger partial charge in [-0.3, -0.25) is 10.1 Å². The third-order valence-corrected chi connectivity index (χ3v) is 3.44. The van der Waals surface area contributed by atoms with E-state index < -0.39 is 10.9 Å². The van der Waals surface area contributed by atoms with E-state index in [1.165, 1.54) is 18.2 Å². The number of carbonyl (C=O) groups is 1. The zero-order valence-corrected chi connectivity index (χ0v) is 11.3. The molecule has 0 amide bonds. The van der Waals surface area contributed by atoms with Gasteiger partial charge in [0, 0.05) is 11.6 Å². The van der Waals surface area contributed by atoms with E-state index in [0.29, 0.717) is 0 Å². The quantitative estimate of drug-likeness (QED) is 0.608. The van der Waals surface area contributed by atoms with Crippen molar-refractivity contribution in [1.82, 2.24) is 0 Å². The highest BCUT2D eigenvalue weighted by Gasteiger charge is 2.24. The lowest BCUT2D eigenvalue weighted by atomic mass is 9.95. The Morgan fingerprint density at radius 1 is 1.42 bits per heavy atom. The van der Waals surface area contributed by atoms with E-state index in [2.05, 4.69) is 5.32 Å². The largest absolute Gasteiger partial charge is 0.478 e. The van der Waals surface area contributed by atoms with Crippen LogP contribution in [-0.2, 0) is 0 Å². The van der Waals surface area contributed by atoms with E-state index in [0.717, 1.165) is 12.8 Å². The van der Waals surface area contributed by atoms with Gasteiger partial charge in [0.05, 0.1) is 10.5 Å². The van der Waals surface area contributed by atoms with Crippen LogP contribution in [0.15, 0.2) is 18.2 Å². The normalized spacial score (nSPS) is 11.1. The Bertz CT molecular complexity index is 495. The van der Waals surface area contributed by atoms with Crippen molar-refractivity contribution in [3.05, 3.63) is 33.9 Å². The van der Waals surface area contributed by atoms with Crippen molar-refractivity contribution in [3.63, 3.8) is 0 Å². The highest BCUT2D eigenvalue weighted by molar-refractivity contribution is 5.90. The molecule has 0 aliphatic heterocycles. The summed E-state index contributed by atoms with van der Waals surface area (Å²) < 4.78 is 0. The fourth-order valence-corrected chi connectivity index (χ4v) is 1.68. The van der Waals surface area contributed by atoms with Crippen molar-refractivity contribution < 1.29 is 14.8 Å². The van der Waals surface area contributed by atoms with Gasteiger partial charge in [0.15, 0.2) is 0 Å². The smallest absolute Gasteiger partial charge is 0.335 e. The van der Waals surface area contributed by atoms with Crippen LogP contribution in [0.5, 0.6) is 0 Å². The summed E-state index contributed by atoms with van der Waals surface area (Å²) in [6, 6.07) is 3.77. The Kier molecular flexibility index (Phi) is 4.47. The predicted octanol–water partition coefficient (Wildman–Crippen LogP) is 3.28. The van der Waals surface area contributed by atoms with Gasteiger partial charge in [-0.2, -0.15) is 0 Å². The summed E-state index contributed by atoms with van der Waals surface area (Å²) in [7, 11) is 0. The van der Waals surface area contributed by atoms with Crippen molar-refractivity contribution in [2.24, 2.45) is 0 Å². The predicted molar refractivity (Wildman–Crippen MR) is 72.7 cm³/mol. The number of nitro groups is 1. The molecule has 1 aromatic rings. The monoisotopic (exact) mass is 266 g/mol. The molecule has 0 aliphatic rings. The molecule has 0 aliphatic carbocycles. The Morgan fingerprint density at radius 3 is 2.42 bits per heavy atom. The standard InChI is InChI=1S/C13H18N2O4/c1-4-13(3,5-2)14-10-8-9(12(16)17)6-7-11(10)15(18)19/h6-8,14H,4-5H2,1-3H3,(H,16,17). The van der Waals surface area contributed by atoms with E-state index in [1.807, 2.05) is 20.8 Å². The Morgan fingerprint density at radius 2 is 2.00 bits per heavy atom. The minimum absolute atomic E-state index is 0.0302. The number of nitro benzene ring substituents is 1. The van der Waals surface area contributed by atoms with E-state index in [4.69, 9.17) is 5.11 Å². The zero-order valence-electron chi connectivity index (χ0n) is 11.3. The van der Waals surface area contributed by atoms with Crippen molar-refractivity contribution in [3.8, 4) is 0 Å². The van der Waals surface area contributed by atoms with E-state index in [-0.39, 0.29) is 22.5 Å². The fourth-order valence-electron chi connectivity index (χ4n) is 1.68. The third kappa shape index (κ3) is 3.43. The SMILES string of the molecule is CCC(C)(CC)Nc1cc(C(=O)O)ccc1[N+](=O)[O-]. The summed E-state index contributed by atoms with van der Waals surface area (Å²) in [5.74, 6) is -1.10. The van der Waals surface area contributed by atoms with Crippen LogP contribution in [0, 0.1) is 10.1 Å². The molecule has 2 N–H and O–H groups in total. The van der Waals surface area contributed by atoms with Gasteiger partial charge < -0.3 is 10.4 Å². The second-order valence-electron chi connectivity index (χ2n) is 4.69. The van der Waals surface area contributed by atoms with E-state index in [9.17, 15) is 14.9 Å². The minimum Gasteiger partial charge on any atom is -0.478 e. The first kappa shape index (κ1) is 14.9. The molecule has 0 saturated heterocycles. The van der Waals surface area contributed by atoms with E-state index >= 15 is 0 Å². The highest BCUT2D eigenvalue weighted by Crippen LogP contribution is 2.30. The maximum atomic E-state index is 11.0. The van der Waals surface area contributed by atoms with Crippen LogP contribution in [0.2, 0.25) is 0 Å². The van der Waals surface area contributed by atoms with Gasteiger partial charge in [0.2, 0.25) is 0 Å². The Hall–Kier alpha value is -2.11. The van der Waals surface area contributed by atoms with Crippen LogP contribution in [0.25, 0.3) is 0 Å². The van der Waals surface area contributed by atoms with Crippen molar-refractivity contribution in [1.29, 1.82) is 0 Å². The molecule has 0 bridgehead atoms. The van der Waals surface area contributed by atoms with Gasteiger partial charge in [0.25, 0.3) is 5.69 Å². The molecule has 0 aromatic heterocycles. The molecular weight excluding hydrogens is 248 g/mol. The second-order valence-corrected chi connectivity index (χ2v) is 4.69. The fraction of sp³-hybridized carbons (Fsp3) is 0.462. The highest BCUT2D eigenvalue weighted by atomic mass is 16.6. The van der Waals surface area contributed by atoms with Crippen LogP contribution >= 0.6 is 0 Å². The Labute approximate surface area is 111 Å². The van der Waals surface area contributed by atoms with E-state index in [1.54, 1.807) is 0 Å². The number of carboxylic acids is 1.